The van der Waals surface area contributed by atoms with E-state index in [-0.39, 0.29) is 36.2 Å². The molecule has 0 bridgehead atoms. The molecular weight excluding hydrogens is 331 g/mol. The van der Waals surface area contributed by atoms with Gasteiger partial charge < -0.3 is 15.4 Å². The normalized spacial score (nSPS) is 33.1. The highest BCUT2D eigenvalue weighted by molar-refractivity contribution is 6.03. The number of anilines is 1. The molecule has 1 aromatic carbocycles. The molecule has 2 fully saturated rings. The summed E-state index contributed by atoms with van der Waals surface area (Å²) < 4.78 is 19.5. The molecule has 6 heteroatoms. The van der Waals surface area contributed by atoms with Gasteiger partial charge in [0.05, 0.1) is 6.10 Å². The standard InChI is InChI=1S/C18H23FN2O2.ClH/c1-17(2)15-13(4-3-9-23-15)18(17,20)16(22)21-8-7-11-5-6-12(19)10-14(11)21;/h5-6,10,13,15H,3-4,7-9,20H2,1-2H3;1H. The van der Waals surface area contributed by atoms with Crippen molar-refractivity contribution in [3.8, 4) is 0 Å². The number of nitrogens with two attached hydrogens (primary N) is 1. The summed E-state index contributed by atoms with van der Waals surface area (Å²) in [5.74, 6) is -0.351. The number of fused-ring (bicyclic) bond motifs is 2. The van der Waals surface area contributed by atoms with Gasteiger partial charge in [-0.2, -0.15) is 0 Å². The summed E-state index contributed by atoms with van der Waals surface area (Å²) in [7, 11) is 0. The highest BCUT2D eigenvalue weighted by Gasteiger charge is 2.71. The van der Waals surface area contributed by atoms with Gasteiger partial charge in [-0.15, -0.1) is 12.4 Å². The zero-order valence-electron chi connectivity index (χ0n) is 14.0. The van der Waals surface area contributed by atoms with Crippen LogP contribution >= 0.6 is 12.4 Å². The molecule has 0 spiro atoms. The van der Waals surface area contributed by atoms with E-state index in [9.17, 15) is 9.18 Å². The van der Waals surface area contributed by atoms with E-state index in [4.69, 9.17) is 10.5 Å². The molecular formula is C18H24ClFN2O2. The molecule has 1 amide bonds. The average Bonchev–Trinajstić information content (AvgIpc) is 2.96. The van der Waals surface area contributed by atoms with Crippen LogP contribution < -0.4 is 10.6 Å². The first-order chi connectivity index (χ1) is 10.9. The summed E-state index contributed by atoms with van der Waals surface area (Å²) in [6, 6.07) is 4.66. The molecule has 0 radical (unpaired) electrons. The van der Waals surface area contributed by atoms with Gasteiger partial charge in [0, 0.05) is 30.2 Å². The van der Waals surface area contributed by atoms with Crippen molar-refractivity contribution in [3.63, 3.8) is 0 Å². The molecule has 132 valence electrons. The Bertz CT molecular complexity index is 681. The van der Waals surface area contributed by atoms with Crippen molar-refractivity contribution < 1.29 is 13.9 Å². The predicted molar refractivity (Wildman–Crippen MR) is 92.9 cm³/mol. The van der Waals surface area contributed by atoms with Crippen LogP contribution in [0.25, 0.3) is 0 Å². The van der Waals surface area contributed by atoms with Gasteiger partial charge >= 0.3 is 0 Å². The first-order valence-electron chi connectivity index (χ1n) is 8.38. The first kappa shape index (κ1) is 17.6. The molecule has 2 N–H and O–H groups in total. The molecule has 3 aliphatic rings. The zero-order chi connectivity index (χ0) is 16.4. The van der Waals surface area contributed by atoms with Gasteiger partial charge in [-0.05, 0) is 37.0 Å². The Morgan fingerprint density at radius 1 is 1.42 bits per heavy atom. The lowest BCUT2D eigenvalue weighted by atomic mass is 9.46. The molecule has 1 aromatic rings. The summed E-state index contributed by atoms with van der Waals surface area (Å²) in [4.78, 5) is 15.0. The summed E-state index contributed by atoms with van der Waals surface area (Å²) in [5, 5.41) is 0. The van der Waals surface area contributed by atoms with Crippen molar-refractivity contribution in [1.29, 1.82) is 0 Å². The number of hydrogen-bond acceptors (Lipinski definition) is 3. The summed E-state index contributed by atoms with van der Waals surface area (Å²) >= 11 is 0. The maximum atomic E-state index is 13.6. The minimum Gasteiger partial charge on any atom is -0.377 e. The third-order valence-electron chi connectivity index (χ3n) is 6.23. The quantitative estimate of drug-likeness (QED) is 0.843. The third kappa shape index (κ3) is 2.07. The second kappa shape index (κ2) is 5.68. The molecule has 4 nitrogen and oxygen atoms in total. The van der Waals surface area contributed by atoms with Gasteiger partial charge in [0.1, 0.15) is 11.4 Å². The molecule has 4 rings (SSSR count). The van der Waals surface area contributed by atoms with Crippen LogP contribution in [-0.2, 0) is 16.0 Å². The van der Waals surface area contributed by atoms with E-state index in [1.165, 1.54) is 12.1 Å². The molecule has 1 aliphatic carbocycles. The van der Waals surface area contributed by atoms with Gasteiger partial charge in [-0.3, -0.25) is 4.79 Å². The molecule has 1 saturated heterocycles. The number of hydrogen-bond donors (Lipinski definition) is 1. The fraction of sp³-hybridized carbons (Fsp3) is 0.611. The Kier molecular flexibility index (Phi) is 4.18. The number of benzene rings is 1. The Balaban J connectivity index is 0.00000169. The monoisotopic (exact) mass is 354 g/mol. The predicted octanol–water partition coefficient (Wildman–Crippen LogP) is 2.67. The number of carbonyl (C=O) groups is 1. The van der Waals surface area contributed by atoms with E-state index in [2.05, 4.69) is 0 Å². The van der Waals surface area contributed by atoms with Crippen molar-refractivity contribution in [3.05, 3.63) is 29.6 Å². The molecule has 1 saturated carbocycles. The van der Waals surface area contributed by atoms with Crippen molar-refractivity contribution in [1.82, 2.24) is 0 Å². The van der Waals surface area contributed by atoms with Crippen LogP contribution in [0.2, 0.25) is 0 Å². The van der Waals surface area contributed by atoms with E-state index in [0.29, 0.717) is 12.2 Å². The maximum Gasteiger partial charge on any atom is 0.248 e. The lowest BCUT2D eigenvalue weighted by molar-refractivity contribution is -0.223. The fourth-order valence-electron chi connectivity index (χ4n) is 4.80. The van der Waals surface area contributed by atoms with Gasteiger partial charge in [-0.25, -0.2) is 4.39 Å². The fourth-order valence-corrected chi connectivity index (χ4v) is 4.80. The molecule has 2 heterocycles. The third-order valence-corrected chi connectivity index (χ3v) is 6.23. The number of carbonyl (C=O) groups excluding carboxylic acids is 1. The Labute approximate surface area is 147 Å². The molecule has 0 aromatic heterocycles. The van der Waals surface area contributed by atoms with Crippen molar-refractivity contribution in [2.45, 2.75) is 44.8 Å². The highest BCUT2D eigenvalue weighted by atomic mass is 35.5. The van der Waals surface area contributed by atoms with Crippen LogP contribution in [0.3, 0.4) is 0 Å². The van der Waals surface area contributed by atoms with Crippen LogP contribution in [0.1, 0.15) is 32.3 Å². The number of nitrogens with zero attached hydrogens (tertiary/aromatic N) is 1. The number of halogens is 2. The second-order valence-corrected chi connectivity index (χ2v) is 7.61. The van der Waals surface area contributed by atoms with Crippen LogP contribution in [0.5, 0.6) is 0 Å². The lowest BCUT2D eigenvalue weighted by Crippen LogP contribution is -2.82. The van der Waals surface area contributed by atoms with E-state index in [1.54, 1.807) is 11.0 Å². The van der Waals surface area contributed by atoms with Crippen molar-refractivity contribution >= 4 is 24.0 Å². The van der Waals surface area contributed by atoms with Gasteiger partial charge in [-0.1, -0.05) is 19.9 Å². The Hall–Kier alpha value is -1.17. The molecule has 24 heavy (non-hydrogen) atoms. The summed E-state index contributed by atoms with van der Waals surface area (Å²) in [5.41, 5.74) is 7.03. The topological polar surface area (TPSA) is 55.6 Å². The second-order valence-electron chi connectivity index (χ2n) is 7.61. The number of rotatable bonds is 1. The molecule has 3 atom stereocenters. The SMILES string of the molecule is CC1(C)C2OCCCC2C1(N)C(=O)N1CCc2ccc(F)cc21.Cl. The van der Waals surface area contributed by atoms with Gasteiger partial charge in [0.2, 0.25) is 5.91 Å². The van der Waals surface area contributed by atoms with Crippen molar-refractivity contribution in [2.24, 2.45) is 17.1 Å². The Morgan fingerprint density at radius 3 is 2.92 bits per heavy atom. The lowest BCUT2D eigenvalue weighted by Gasteiger charge is -2.65. The van der Waals surface area contributed by atoms with Crippen molar-refractivity contribution in [2.75, 3.05) is 18.1 Å². The summed E-state index contributed by atoms with van der Waals surface area (Å²) in [6.07, 6.45) is 2.65. The molecule has 3 unspecified atom stereocenters. The highest BCUT2D eigenvalue weighted by Crippen LogP contribution is 2.58. The van der Waals surface area contributed by atoms with Crippen LogP contribution in [0, 0.1) is 17.2 Å². The average molecular weight is 355 g/mol. The van der Waals surface area contributed by atoms with Crippen LogP contribution in [-0.4, -0.2) is 30.7 Å². The van der Waals surface area contributed by atoms with E-state index in [0.717, 1.165) is 31.4 Å². The minimum absolute atomic E-state index is 0. The van der Waals surface area contributed by atoms with E-state index < -0.39 is 11.0 Å². The van der Waals surface area contributed by atoms with Gasteiger partial charge in [0.15, 0.2) is 0 Å². The zero-order valence-corrected chi connectivity index (χ0v) is 14.9. The summed E-state index contributed by atoms with van der Waals surface area (Å²) in [6.45, 7) is 5.34. The van der Waals surface area contributed by atoms with E-state index >= 15 is 0 Å². The van der Waals surface area contributed by atoms with E-state index in [1.807, 2.05) is 13.8 Å². The van der Waals surface area contributed by atoms with Crippen LogP contribution in [0.15, 0.2) is 18.2 Å². The number of ether oxygens (including phenoxy) is 1. The minimum atomic E-state index is -0.938. The van der Waals surface area contributed by atoms with Gasteiger partial charge in [0.25, 0.3) is 0 Å². The van der Waals surface area contributed by atoms with Crippen LogP contribution in [0.4, 0.5) is 10.1 Å². The number of amides is 1. The smallest absolute Gasteiger partial charge is 0.248 e. The Morgan fingerprint density at radius 2 is 2.17 bits per heavy atom. The molecule has 2 aliphatic heterocycles. The first-order valence-corrected chi connectivity index (χ1v) is 8.38. The maximum absolute atomic E-state index is 13.6. The largest absolute Gasteiger partial charge is 0.377 e.